The standard InChI is InChI=1S/C18H22N2O5.C16H19N3O4.C12H18N2O2.CH4/c1-5-24-16-13(14(21)15(16)22)20-12-8-6-7-11(9-12)10-19-17(23)25-18(2,3)4;1-16(2,3)23-15(22)18-8-9-5-4-6-10(7-9)19-12-11(17)13(20)14(12)21;1-12(2,3)16-11(15)14-8-9-5-4-6-10(13)7-9;/h6-9,20H,5,10H2,1-4H3,(H,19,23);4-7,19H,8,17H2,1-3H3,(H,18,22);4-7H,8,13H2,1-3H3,(H,14,15);1H4. The molecule has 0 unspecified atom stereocenters. The van der Waals surface area contributed by atoms with Gasteiger partial charge in [-0.05, 0) is 122 Å². The van der Waals surface area contributed by atoms with Crippen LogP contribution < -0.4 is 64.5 Å². The van der Waals surface area contributed by atoms with Crippen molar-refractivity contribution < 1.29 is 33.3 Å². The van der Waals surface area contributed by atoms with Gasteiger partial charge < -0.3 is 57.0 Å². The molecule has 0 heterocycles. The molecule has 0 atom stereocenters. The zero-order valence-electron chi connectivity index (χ0n) is 37.9. The van der Waals surface area contributed by atoms with Crippen LogP contribution in [0.15, 0.2) is 92.0 Å². The highest BCUT2D eigenvalue weighted by Gasteiger charge is 2.23. The third kappa shape index (κ3) is 18.5. The molecule has 5 aromatic rings. The molecule has 18 nitrogen and oxygen atoms in total. The Bertz CT molecular complexity index is 2530. The minimum atomic E-state index is -0.671. The number of ether oxygens (including phenoxy) is 4. The third-order valence-corrected chi connectivity index (χ3v) is 7.95. The topological polar surface area (TPSA) is 269 Å². The minimum absolute atomic E-state index is 0. The molecule has 5 aromatic carbocycles. The second-order valence-corrected chi connectivity index (χ2v) is 17.2. The number of carbonyl (C=O) groups is 3. The number of alkyl carbamates (subject to hydrolysis) is 3. The Hall–Kier alpha value is -7.37. The van der Waals surface area contributed by atoms with Crippen molar-refractivity contribution in [3.63, 3.8) is 0 Å². The maximum absolute atomic E-state index is 11.7. The maximum atomic E-state index is 11.7. The van der Waals surface area contributed by atoms with Gasteiger partial charge in [-0.25, -0.2) is 14.4 Å². The molecule has 0 aromatic heterocycles. The van der Waals surface area contributed by atoms with Gasteiger partial charge in [-0.1, -0.05) is 43.8 Å². The minimum Gasteiger partial charge on any atom is -0.488 e. The summed E-state index contributed by atoms with van der Waals surface area (Å²) in [7, 11) is 0. The lowest BCUT2D eigenvalue weighted by Gasteiger charge is -2.19. The summed E-state index contributed by atoms with van der Waals surface area (Å²) < 4.78 is 20.6. The van der Waals surface area contributed by atoms with Crippen molar-refractivity contribution >= 4 is 52.4 Å². The average Bonchev–Trinajstić information content (AvgIpc) is 3.20. The lowest BCUT2D eigenvalue weighted by Crippen LogP contribution is -2.36. The van der Waals surface area contributed by atoms with Gasteiger partial charge in [0.1, 0.15) is 33.9 Å². The first kappa shape index (κ1) is 53.8. The number of anilines is 6. The number of benzene rings is 3. The van der Waals surface area contributed by atoms with Crippen LogP contribution in [-0.4, -0.2) is 41.7 Å². The molecule has 0 radical (unpaired) electrons. The molecule has 5 rings (SSSR count). The molecule has 3 amide bonds. The number of hydrogen-bond acceptors (Lipinski definition) is 15. The molecule has 0 saturated carbocycles. The molecule has 0 spiro atoms. The van der Waals surface area contributed by atoms with E-state index in [2.05, 4.69) is 26.6 Å². The summed E-state index contributed by atoms with van der Waals surface area (Å²) in [4.78, 5) is 80.3. The summed E-state index contributed by atoms with van der Waals surface area (Å²) in [6, 6.07) is 21.5. The van der Waals surface area contributed by atoms with Crippen LogP contribution in [0.4, 0.5) is 48.5 Å². The van der Waals surface area contributed by atoms with E-state index >= 15 is 0 Å². The van der Waals surface area contributed by atoms with E-state index in [9.17, 15) is 33.6 Å². The Labute approximate surface area is 378 Å². The molecule has 0 aliphatic rings. The van der Waals surface area contributed by atoms with Crippen molar-refractivity contribution in [2.75, 3.05) is 28.7 Å². The maximum Gasteiger partial charge on any atom is 0.407 e. The smallest absolute Gasteiger partial charge is 0.407 e. The van der Waals surface area contributed by atoms with Gasteiger partial charge in [0.05, 0.1) is 6.61 Å². The van der Waals surface area contributed by atoms with E-state index < -0.39 is 56.8 Å². The zero-order chi connectivity index (χ0) is 48.0. The van der Waals surface area contributed by atoms with Crippen LogP contribution >= 0.6 is 0 Å². The highest BCUT2D eigenvalue weighted by molar-refractivity contribution is 5.77. The highest BCUT2D eigenvalue weighted by Crippen LogP contribution is 2.24. The first-order valence-electron chi connectivity index (χ1n) is 20.3. The Morgan fingerprint density at radius 1 is 0.523 bits per heavy atom. The first-order chi connectivity index (χ1) is 29.7. The fourth-order valence-corrected chi connectivity index (χ4v) is 5.27. The number of rotatable bonds is 12. The normalized spacial score (nSPS) is 11.0. The van der Waals surface area contributed by atoms with Crippen LogP contribution in [0, 0.1) is 0 Å². The fourth-order valence-electron chi connectivity index (χ4n) is 5.27. The van der Waals surface area contributed by atoms with E-state index in [0.29, 0.717) is 30.2 Å². The van der Waals surface area contributed by atoms with E-state index in [0.717, 1.165) is 16.7 Å². The number of carbonyl (C=O) groups excluding carboxylic acids is 3. The molecule has 0 aliphatic carbocycles. The summed E-state index contributed by atoms with van der Waals surface area (Å²) in [5.74, 6) is 0.0600. The van der Waals surface area contributed by atoms with E-state index in [-0.39, 0.29) is 43.3 Å². The zero-order valence-corrected chi connectivity index (χ0v) is 37.9. The molecule has 9 N–H and O–H groups in total. The van der Waals surface area contributed by atoms with Crippen molar-refractivity contribution in [1.82, 2.24) is 16.0 Å². The lowest BCUT2D eigenvalue weighted by atomic mass is 10.1. The third-order valence-electron chi connectivity index (χ3n) is 7.95. The molecule has 352 valence electrons. The molecule has 65 heavy (non-hydrogen) atoms. The summed E-state index contributed by atoms with van der Waals surface area (Å²) in [6.07, 6.45) is -1.44. The molecule has 0 fully saturated rings. The number of nitrogens with one attached hydrogen (secondary N) is 5. The predicted molar refractivity (Wildman–Crippen MR) is 255 cm³/mol. The quantitative estimate of drug-likeness (QED) is 0.0377. The summed E-state index contributed by atoms with van der Waals surface area (Å²) in [5, 5.41) is 13.7. The Kier molecular flexibility index (Phi) is 19.3. The second kappa shape index (κ2) is 23.4. The van der Waals surface area contributed by atoms with Crippen molar-refractivity contribution in [2.24, 2.45) is 0 Å². The van der Waals surface area contributed by atoms with Crippen LogP contribution in [0.1, 0.15) is 93.4 Å². The average molecular weight is 902 g/mol. The van der Waals surface area contributed by atoms with Crippen LogP contribution in [0.5, 0.6) is 5.75 Å². The lowest BCUT2D eigenvalue weighted by molar-refractivity contribution is 0.0512. The van der Waals surface area contributed by atoms with Crippen molar-refractivity contribution in [1.29, 1.82) is 0 Å². The number of nitrogens with two attached hydrogens (primary N) is 2. The van der Waals surface area contributed by atoms with Crippen molar-refractivity contribution in [3.8, 4) is 5.75 Å². The van der Waals surface area contributed by atoms with Gasteiger partial charge in [0.15, 0.2) is 5.75 Å². The van der Waals surface area contributed by atoms with E-state index in [1.54, 1.807) is 90.9 Å². The van der Waals surface area contributed by atoms with Gasteiger partial charge in [-0.2, -0.15) is 0 Å². The van der Waals surface area contributed by atoms with E-state index in [4.69, 9.17) is 30.4 Å². The second-order valence-electron chi connectivity index (χ2n) is 17.2. The molecule has 0 aliphatic heterocycles. The molecule has 0 saturated heterocycles. The summed E-state index contributed by atoms with van der Waals surface area (Å²) >= 11 is 0. The SMILES string of the molecule is C.CC(C)(C)OC(=O)NCc1cccc(N)c1.CC(C)(C)OC(=O)NCc1cccc(Nc2c(N)c(=O)c2=O)c1.CCOc1c(Nc2cccc(CNC(=O)OC(C)(C)C)c2)c(=O)c1=O. The van der Waals surface area contributed by atoms with Crippen molar-refractivity contribution in [3.05, 3.63) is 130 Å². The number of nitrogen functional groups attached to an aromatic ring is 2. The van der Waals surface area contributed by atoms with Crippen LogP contribution in [0.25, 0.3) is 0 Å². The van der Waals surface area contributed by atoms with Crippen LogP contribution in [-0.2, 0) is 33.8 Å². The summed E-state index contributed by atoms with van der Waals surface area (Å²) in [5.41, 5.74) is 11.7. The van der Waals surface area contributed by atoms with Gasteiger partial charge in [-0.3, -0.25) is 19.2 Å². The Morgan fingerprint density at radius 2 is 0.892 bits per heavy atom. The van der Waals surface area contributed by atoms with Crippen molar-refractivity contribution in [2.45, 2.75) is 113 Å². The van der Waals surface area contributed by atoms with E-state index in [1.807, 2.05) is 51.1 Å². The molecular weight excluding hydrogens is 839 g/mol. The fraction of sp³-hybridized carbons (Fsp3) is 0.383. The highest BCUT2D eigenvalue weighted by atomic mass is 16.6. The predicted octanol–water partition coefficient (Wildman–Crippen LogP) is 7.01. The van der Waals surface area contributed by atoms with Gasteiger partial charge in [0.2, 0.25) is 0 Å². The van der Waals surface area contributed by atoms with Crippen LogP contribution in [0.2, 0.25) is 0 Å². The molecule has 0 bridgehead atoms. The first-order valence-corrected chi connectivity index (χ1v) is 20.3. The monoisotopic (exact) mass is 901 g/mol. The molecular formula is C47H63N7O11. The Balaban J connectivity index is 0.000000341. The number of amides is 3. The Morgan fingerprint density at radius 3 is 1.26 bits per heavy atom. The molecule has 18 heteroatoms. The van der Waals surface area contributed by atoms with Gasteiger partial charge in [0.25, 0.3) is 21.7 Å². The van der Waals surface area contributed by atoms with E-state index in [1.165, 1.54) is 0 Å². The van der Waals surface area contributed by atoms with Crippen LogP contribution in [0.3, 0.4) is 0 Å². The largest absolute Gasteiger partial charge is 0.488 e. The van der Waals surface area contributed by atoms with Gasteiger partial charge in [-0.15, -0.1) is 0 Å². The summed E-state index contributed by atoms with van der Waals surface area (Å²) in [6.45, 7) is 19.2. The number of hydrogen-bond donors (Lipinski definition) is 7. The van der Waals surface area contributed by atoms with Gasteiger partial charge >= 0.3 is 18.3 Å². The van der Waals surface area contributed by atoms with Gasteiger partial charge in [0, 0.05) is 36.7 Å².